The van der Waals surface area contributed by atoms with Crippen molar-refractivity contribution in [3.63, 3.8) is 0 Å². The molecule has 0 aromatic heterocycles. The molecular formula is C24H37FN4O. The minimum absolute atomic E-state index is 0.444. The van der Waals surface area contributed by atoms with E-state index in [1.807, 2.05) is 13.0 Å². The highest BCUT2D eigenvalue weighted by molar-refractivity contribution is 5.69. The molecule has 0 aromatic rings. The van der Waals surface area contributed by atoms with Crippen LogP contribution in [0.15, 0.2) is 59.5 Å². The van der Waals surface area contributed by atoms with E-state index < -0.39 is 6.17 Å². The molecule has 1 fully saturated rings. The van der Waals surface area contributed by atoms with E-state index in [0.717, 1.165) is 54.9 Å². The second-order valence-electron chi connectivity index (χ2n) is 8.60. The molecule has 0 saturated carbocycles. The summed E-state index contributed by atoms with van der Waals surface area (Å²) in [6.45, 7) is 13.8. The summed E-state index contributed by atoms with van der Waals surface area (Å²) >= 11 is 0. The third-order valence-electron chi connectivity index (χ3n) is 5.87. The van der Waals surface area contributed by atoms with Gasteiger partial charge in [-0.15, -0.1) is 0 Å². The molecule has 166 valence electrons. The van der Waals surface area contributed by atoms with Crippen LogP contribution in [0, 0.1) is 0 Å². The molecule has 0 bridgehead atoms. The van der Waals surface area contributed by atoms with Crippen molar-refractivity contribution in [3.05, 3.63) is 59.5 Å². The van der Waals surface area contributed by atoms with Gasteiger partial charge in [0.05, 0.1) is 6.67 Å². The predicted octanol–water partition coefficient (Wildman–Crippen LogP) is 3.26. The van der Waals surface area contributed by atoms with E-state index in [1.165, 1.54) is 11.6 Å². The molecule has 2 unspecified atom stereocenters. The summed E-state index contributed by atoms with van der Waals surface area (Å²) in [7, 11) is 6.32. The zero-order valence-corrected chi connectivity index (χ0v) is 19.0. The van der Waals surface area contributed by atoms with Gasteiger partial charge in [-0.25, -0.2) is 4.39 Å². The SMILES string of the molecule is C=C(NCC1=CCC(F)CC1)/C(=C/N(C)CC1CN(C)CN1C)C(=C)/C(C)=C/C=O. The number of carbonyl (C=O) groups excluding carboxylic acids is 1. The van der Waals surface area contributed by atoms with E-state index in [0.29, 0.717) is 25.4 Å². The number of nitrogens with zero attached hydrogens (tertiary/aromatic N) is 3. The van der Waals surface area contributed by atoms with Crippen LogP contribution in [0.25, 0.3) is 0 Å². The minimum Gasteiger partial charge on any atom is -0.381 e. The van der Waals surface area contributed by atoms with Gasteiger partial charge >= 0.3 is 0 Å². The fourth-order valence-electron chi connectivity index (χ4n) is 3.94. The van der Waals surface area contributed by atoms with E-state index in [4.69, 9.17) is 0 Å². The molecule has 1 saturated heterocycles. The van der Waals surface area contributed by atoms with Gasteiger partial charge in [0.15, 0.2) is 0 Å². The molecule has 0 radical (unpaired) electrons. The highest BCUT2D eigenvalue weighted by atomic mass is 19.1. The summed E-state index contributed by atoms with van der Waals surface area (Å²) < 4.78 is 13.4. The Kier molecular flexibility index (Phi) is 9.06. The van der Waals surface area contributed by atoms with Gasteiger partial charge in [0.1, 0.15) is 12.5 Å². The smallest absolute Gasteiger partial charge is 0.143 e. The second kappa shape index (κ2) is 11.3. The molecule has 1 heterocycles. The molecule has 5 nitrogen and oxygen atoms in total. The van der Waals surface area contributed by atoms with Gasteiger partial charge in [-0.2, -0.15) is 0 Å². The molecular weight excluding hydrogens is 379 g/mol. The molecule has 0 aromatic carbocycles. The van der Waals surface area contributed by atoms with Gasteiger partial charge in [-0.3, -0.25) is 14.6 Å². The summed E-state index contributed by atoms with van der Waals surface area (Å²) in [4.78, 5) is 17.8. The van der Waals surface area contributed by atoms with Crippen LogP contribution in [0.5, 0.6) is 0 Å². The van der Waals surface area contributed by atoms with Crippen LogP contribution in [-0.2, 0) is 4.79 Å². The van der Waals surface area contributed by atoms with Gasteiger partial charge in [0.25, 0.3) is 0 Å². The Bertz CT molecular complexity index is 739. The van der Waals surface area contributed by atoms with Crippen molar-refractivity contribution in [1.82, 2.24) is 20.0 Å². The summed E-state index contributed by atoms with van der Waals surface area (Å²) in [6, 6.07) is 0.444. The monoisotopic (exact) mass is 416 g/mol. The van der Waals surface area contributed by atoms with E-state index in [2.05, 4.69) is 60.5 Å². The highest BCUT2D eigenvalue weighted by Gasteiger charge is 2.25. The lowest BCUT2D eigenvalue weighted by molar-refractivity contribution is -0.104. The lowest BCUT2D eigenvalue weighted by Crippen LogP contribution is -2.36. The van der Waals surface area contributed by atoms with Crippen molar-refractivity contribution < 1.29 is 9.18 Å². The van der Waals surface area contributed by atoms with Crippen molar-refractivity contribution in [2.75, 3.05) is 47.4 Å². The fourth-order valence-corrected chi connectivity index (χ4v) is 3.94. The molecule has 6 heteroatoms. The lowest BCUT2D eigenvalue weighted by Gasteiger charge is -2.26. The number of halogens is 1. The Hall–Kier alpha value is -2.18. The Labute approximate surface area is 181 Å². The van der Waals surface area contributed by atoms with Crippen LogP contribution in [0.3, 0.4) is 0 Å². The average Bonchev–Trinajstić information content (AvgIpc) is 3.01. The molecule has 1 N–H and O–H groups in total. The number of aldehydes is 1. The third kappa shape index (κ3) is 6.96. The quantitative estimate of drug-likeness (QED) is 0.256. The first-order valence-corrected chi connectivity index (χ1v) is 10.6. The normalized spacial score (nSPS) is 23.8. The largest absolute Gasteiger partial charge is 0.381 e. The van der Waals surface area contributed by atoms with Gasteiger partial charge in [-0.1, -0.05) is 24.8 Å². The number of allylic oxidation sites excluding steroid dienone is 4. The van der Waals surface area contributed by atoms with Crippen LogP contribution in [0.2, 0.25) is 0 Å². The summed E-state index contributed by atoms with van der Waals surface area (Å²) in [5.74, 6) is 0. The van der Waals surface area contributed by atoms with E-state index >= 15 is 0 Å². The Morgan fingerprint density at radius 2 is 2.13 bits per heavy atom. The number of hydrogen-bond donors (Lipinski definition) is 1. The number of carbonyl (C=O) groups is 1. The maximum absolute atomic E-state index is 13.4. The van der Waals surface area contributed by atoms with Crippen LogP contribution in [-0.4, -0.2) is 80.6 Å². The Morgan fingerprint density at radius 3 is 2.70 bits per heavy atom. The van der Waals surface area contributed by atoms with Crippen molar-refractivity contribution >= 4 is 6.29 Å². The topological polar surface area (TPSA) is 38.8 Å². The van der Waals surface area contributed by atoms with Crippen LogP contribution < -0.4 is 5.32 Å². The van der Waals surface area contributed by atoms with Gasteiger partial charge in [-0.05, 0) is 57.5 Å². The van der Waals surface area contributed by atoms with E-state index in [1.54, 1.807) is 0 Å². The fraction of sp³-hybridized carbons (Fsp3) is 0.542. The molecule has 30 heavy (non-hydrogen) atoms. The number of likely N-dealkylation sites (N-methyl/N-ethyl adjacent to an activating group) is 3. The zero-order valence-electron chi connectivity index (χ0n) is 19.0. The third-order valence-corrected chi connectivity index (χ3v) is 5.87. The summed E-state index contributed by atoms with van der Waals surface area (Å²) in [5.41, 5.74) is 4.42. The second-order valence-corrected chi connectivity index (χ2v) is 8.60. The standard InChI is InChI=1S/C24H37FN4O/c1-18(11-12-30)19(2)24(16-27(4)14-23-15-28(5)17-29(23)6)20(3)26-13-21-7-9-22(25)10-8-21/h7,11-12,16,22-23,26H,2-3,8-10,13-15,17H2,1,4-6H3/b18-11+,24-16+. The zero-order chi connectivity index (χ0) is 22.3. The average molecular weight is 417 g/mol. The minimum atomic E-state index is -0.718. The molecule has 2 aliphatic rings. The molecule has 1 aliphatic carbocycles. The van der Waals surface area contributed by atoms with Crippen molar-refractivity contribution in [2.24, 2.45) is 0 Å². The maximum Gasteiger partial charge on any atom is 0.143 e. The van der Waals surface area contributed by atoms with Crippen LogP contribution in [0.1, 0.15) is 26.2 Å². The number of rotatable bonds is 10. The number of hydrogen-bond acceptors (Lipinski definition) is 5. The number of nitrogens with one attached hydrogen (secondary N) is 1. The van der Waals surface area contributed by atoms with Gasteiger partial charge in [0.2, 0.25) is 0 Å². The molecule has 1 aliphatic heterocycles. The van der Waals surface area contributed by atoms with Gasteiger partial charge in [0, 0.05) is 50.2 Å². The highest BCUT2D eigenvalue weighted by Crippen LogP contribution is 2.24. The van der Waals surface area contributed by atoms with E-state index in [-0.39, 0.29) is 0 Å². The van der Waals surface area contributed by atoms with Crippen molar-refractivity contribution in [2.45, 2.75) is 38.4 Å². The summed E-state index contributed by atoms with van der Waals surface area (Å²) in [5, 5.41) is 3.38. The molecule has 2 atom stereocenters. The molecule has 2 rings (SSSR count). The first-order chi connectivity index (χ1) is 14.2. The Balaban J connectivity index is 2.11. The first kappa shape index (κ1) is 24.1. The van der Waals surface area contributed by atoms with Gasteiger partial charge < -0.3 is 10.2 Å². The van der Waals surface area contributed by atoms with Crippen LogP contribution >= 0.6 is 0 Å². The number of alkyl halides is 1. The maximum atomic E-state index is 13.4. The van der Waals surface area contributed by atoms with E-state index in [9.17, 15) is 9.18 Å². The first-order valence-electron chi connectivity index (χ1n) is 10.6. The lowest BCUT2D eigenvalue weighted by atomic mass is 9.96. The predicted molar refractivity (Wildman–Crippen MR) is 123 cm³/mol. The summed E-state index contributed by atoms with van der Waals surface area (Å²) in [6.07, 6.45) is 7.48. The van der Waals surface area contributed by atoms with Crippen molar-refractivity contribution in [1.29, 1.82) is 0 Å². The molecule has 0 spiro atoms. The van der Waals surface area contributed by atoms with Crippen molar-refractivity contribution in [3.8, 4) is 0 Å². The molecule has 0 amide bonds. The Morgan fingerprint density at radius 1 is 1.40 bits per heavy atom. The van der Waals surface area contributed by atoms with Crippen LogP contribution in [0.4, 0.5) is 4.39 Å².